The molecule has 0 radical (unpaired) electrons. The highest BCUT2D eigenvalue weighted by Crippen LogP contribution is 2.37. The molecule has 0 aliphatic carbocycles. The van der Waals surface area contributed by atoms with E-state index in [-0.39, 0.29) is 16.1 Å². The fourth-order valence-corrected chi connectivity index (χ4v) is 3.05. The second kappa shape index (κ2) is 3.94. The van der Waals surface area contributed by atoms with Crippen molar-refractivity contribution in [2.75, 3.05) is 5.32 Å². The fourth-order valence-electron chi connectivity index (χ4n) is 1.34. The van der Waals surface area contributed by atoms with Crippen LogP contribution >= 0.6 is 22.4 Å². The van der Waals surface area contributed by atoms with Crippen molar-refractivity contribution in [3.63, 3.8) is 0 Å². The quantitative estimate of drug-likeness (QED) is 0.798. The van der Waals surface area contributed by atoms with Gasteiger partial charge in [0.05, 0.1) is 15.8 Å². The number of fused-ring (bicyclic) bond motifs is 1. The average molecular weight is 278 g/mol. The Morgan fingerprint density at radius 1 is 1.44 bits per heavy atom. The molecule has 2 rings (SSSR count). The Labute approximate surface area is 102 Å². The van der Waals surface area contributed by atoms with Gasteiger partial charge in [-0.3, -0.25) is 4.79 Å². The Bertz CT molecular complexity index is 556. The van der Waals surface area contributed by atoms with E-state index in [9.17, 15) is 13.2 Å². The van der Waals surface area contributed by atoms with Crippen LogP contribution in [0, 0.1) is 0 Å². The normalized spacial score (nSPS) is 20.1. The van der Waals surface area contributed by atoms with E-state index in [1.165, 1.54) is 23.9 Å². The van der Waals surface area contributed by atoms with Gasteiger partial charge in [-0.05, 0) is 25.1 Å². The Balaban J connectivity index is 2.48. The first kappa shape index (κ1) is 11.8. The molecule has 1 aliphatic heterocycles. The minimum Gasteiger partial charge on any atom is -0.324 e. The largest absolute Gasteiger partial charge is 0.324 e. The van der Waals surface area contributed by atoms with Crippen LogP contribution in [-0.4, -0.2) is 19.6 Å². The van der Waals surface area contributed by atoms with Crippen LogP contribution in [0.2, 0.25) is 0 Å². The lowest BCUT2D eigenvalue weighted by molar-refractivity contribution is -0.115. The van der Waals surface area contributed by atoms with Gasteiger partial charge in [0.1, 0.15) is 0 Å². The Morgan fingerprint density at radius 2 is 2.12 bits per heavy atom. The van der Waals surface area contributed by atoms with E-state index in [1.54, 1.807) is 13.0 Å². The molecule has 16 heavy (non-hydrogen) atoms. The first-order chi connectivity index (χ1) is 7.38. The predicted octanol–water partition coefficient (Wildman–Crippen LogP) is 2.05. The van der Waals surface area contributed by atoms with Crippen molar-refractivity contribution in [1.29, 1.82) is 0 Å². The summed E-state index contributed by atoms with van der Waals surface area (Å²) in [5, 5.41) is 2.46. The van der Waals surface area contributed by atoms with Crippen molar-refractivity contribution in [3.8, 4) is 0 Å². The number of hydrogen-bond donors (Lipinski definition) is 1. The molecule has 1 aromatic rings. The minimum atomic E-state index is -3.76. The van der Waals surface area contributed by atoms with Crippen LogP contribution in [0.3, 0.4) is 0 Å². The Hall–Kier alpha value is -0.720. The molecule has 0 saturated carbocycles. The summed E-state index contributed by atoms with van der Waals surface area (Å²) in [4.78, 5) is 12.2. The lowest BCUT2D eigenvalue weighted by Crippen LogP contribution is -2.26. The summed E-state index contributed by atoms with van der Waals surface area (Å²) in [5.41, 5.74) is 0.495. The first-order valence-electron chi connectivity index (χ1n) is 4.44. The van der Waals surface area contributed by atoms with E-state index >= 15 is 0 Å². The highest BCUT2D eigenvalue weighted by atomic mass is 35.7. The van der Waals surface area contributed by atoms with Gasteiger partial charge in [-0.2, -0.15) is 0 Å². The molecule has 1 atom stereocenters. The van der Waals surface area contributed by atoms with Crippen LogP contribution in [0.4, 0.5) is 5.69 Å². The van der Waals surface area contributed by atoms with Gasteiger partial charge in [-0.1, -0.05) is 0 Å². The molecule has 1 N–H and O–H groups in total. The molecule has 4 nitrogen and oxygen atoms in total. The summed E-state index contributed by atoms with van der Waals surface area (Å²) in [6.07, 6.45) is 0. The van der Waals surface area contributed by atoms with Crippen molar-refractivity contribution < 1.29 is 13.2 Å². The topological polar surface area (TPSA) is 63.2 Å². The third-order valence-corrected chi connectivity index (χ3v) is 4.69. The fraction of sp³-hybridized carbons (Fsp3) is 0.222. The zero-order valence-corrected chi connectivity index (χ0v) is 10.6. The second-order valence-corrected chi connectivity index (χ2v) is 7.29. The molecule has 0 saturated heterocycles. The average Bonchev–Trinajstić information content (AvgIpc) is 2.17. The number of thioether (sulfide) groups is 1. The van der Waals surface area contributed by atoms with Gasteiger partial charge >= 0.3 is 0 Å². The zero-order chi connectivity index (χ0) is 11.9. The summed E-state index contributed by atoms with van der Waals surface area (Å²) in [6, 6.07) is 4.44. The van der Waals surface area contributed by atoms with Crippen LogP contribution in [0.15, 0.2) is 28.0 Å². The van der Waals surface area contributed by atoms with Gasteiger partial charge in [0.15, 0.2) is 0 Å². The third kappa shape index (κ3) is 2.18. The van der Waals surface area contributed by atoms with Crippen molar-refractivity contribution in [3.05, 3.63) is 18.2 Å². The summed E-state index contributed by atoms with van der Waals surface area (Å²) in [7, 11) is 1.46. The lowest BCUT2D eigenvalue weighted by Gasteiger charge is -2.21. The van der Waals surface area contributed by atoms with Crippen LogP contribution in [-0.2, 0) is 13.8 Å². The summed E-state index contributed by atoms with van der Waals surface area (Å²) in [6.45, 7) is 1.79. The summed E-state index contributed by atoms with van der Waals surface area (Å²) < 4.78 is 22.2. The van der Waals surface area contributed by atoms with Crippen LogP contribution in [0.1, 0.15) is 6.92 Å². The number of nitrogens with one attached hydrogen (secondary N) is 1. The van der Waals surface area contributed by atoms with E-state index in [0.717, 1.165) is 4.90 Å². The van der Waals surface area contributed by atoms with Gasteiger partial charge in [0.2, 0.25) is 5.91 Å². The monoisotopic (exact) mass is 277 g/mol. The molecular formula is C9H8ClNO3S2. The van der Waals surface area contributed by atoms with Gasteiger partial charge < -0.3 is 5.32 Å². The Morgan fingerprint density at radius 3 is 2.75 bits per heavy atom. The molecule has 0 bridgehead atoms. The molecule has 7 heteroatoms. The number of carbonyl (C=O) groups excluding carboxylic acids is 1. The molecule has 1 aromatic carbocycles. The van der Waals surface area contributed by atoms with Crippen LogP contribution in [0.25, 0.3) is 0 Å². The lowest BCUT2D eigenvalue weighted by atomic mass is 10.3. The van der Waals surface area contributed by atoms with Crippen molar-refractivity contribution >= 4 is 43.1 Å². The van der Waals surface area contributed by atoms with Gasteiger partial charge in [-0.25, -0.2) is 8.42 Å². The smallest absolute Gasteiger partial charge is 0.261 e. The zero-order valence-electron chi connectivity index (χ0n) is 8.23. The number of halogens is 1. The first-order valence-corrected chi connectivity index (χ1v) is 7.63. The highest BCUT2D eigenvalue weighted by molar-refractivity contribution is 8.13. The van der Waals surface area contributed by atoms with Crippen molar-refractivity contribution in [2.24, 2.45) is 0 Å². The molecule has 0 spiro atoms. The molecule has 1 aliphatic rings. The number of carbonyl (C=O) groups is 1. The van der Waals surface area contributed by atoms with Crippen molar-refractivity contribution in [1.82, 2.24) is 0 Å². The maximum atomic E-state index is 11.4. The van der Waals surface area contributed by atoms with Gasteiger partial charge in [-0.15, -0.1) is 11.8 Å². The number of anilines is 1. The van der Waals surface area contributed by atoms with E-state index in [1.807, 2.05) is 0 Å². The number of rotatable bonds is 1. The van der Waals surface area contributed by atoms with Crippen LogP contribution in [0.5, 0.6) is 0 Å². The molecule has 0 aromatic heterocycles. The van der Waals surface area contributed by atoms with E-state index in [4.69, 9.17) is 10.7 Å². The number of amides is 1. The molecule has 1 heterocycles. The molecule has 86 valence electrons. The van der Waals surface area contributed by atoms with Gasteiger partial charge in [0, 0.05) is 15.6 Å². The number of benzene rings is 1. The van der Waals surface area contributed by atoms with Crippen LogP contribution < -0.4 is 5.32 Å². The number of hydrogen-bond acceptors (Lipinski definition) is 4. The minimum absolute atomic E-state index is 0.0108. The standard InChI is InChI=1S/C9H8ClNO3S2/c1-5-9(12)11-7-4-6(16(10,13)14)2-3-8(7)15-5/h2-5H,1H3,(H,11,12)/t5-/m1/s1. The van der Waals surface area contributed by atoms with Gasteiger partial charge in [0.25, 0.3) is 9.05 Å². The highest BCUT2D eigenvalue weighted by Gasteiger charge is 2.24. The van der Waals surface area contributed by atoms with E-state index in [2.05, 4.69) is 5.32 Å². The molecule has 0 unspecified atom stereocenters. The second-order valence-electron chi connectivity index (χ2n) is 3.35. The maximum Gasteiger partial charge on any atom is 0.261 e. The van der Waals surface area contributed by atoms with Crippen molar-refractivity contribution in [2.45, 2.75) is 22.0 Å². The third-order valence-electron chi connectivity index (χ3n) is 2.16. The van der Waals surface area contributed by atoms with E-state index in [0.29, 0.717) is 5.69 Å². The summed E-state index contributed by atoms with van der Waals surface area (Å²) in [5.74, 6) is -0.137. The van der Waals surface area contributed by atoms with E-state index < -0.39 is 9.05 Å². The molecule has 0 fully saturated rings. The predicted molar refractivity (Wildman–Crippen MR) is 63.4 cm³/mol. The molecular weight excluding hydrogens is 270 g/mol. The Kier molecular flexibility index (Phi) is 2.90. The SMILES string of the molecule is C[C@H]1Sc2ccc(S(=O)(=O)Cl)cc2NC1=O. The summed E-state index contributed by atoms with van der Waals surface area (Å²) >= 11 is 1.39. The maximum absolute atomic E-state index is 11.4. The molecule has 1 amide bonds.